The van der Waals surface area contributed by atoms with E-state index in [1.54, 1.807) is 24.9 Å². The summed E-state index contributed by atoms with van der Waals surface area (Å²) in [5.74, 6) is -0.0345. The Morgan fingerprint density at radius 3 is 2.38 bits per heavy atom. The Kier molecular flexibility index (Phi) is 14.5. The predicted octanol–water partition coefficient (Wildman–Crippen LogP) is 8.89. The second-order valence-electron chi connectivity index (χ2n) is 14.7. The number of likely N-dealkylation sites (N-methyl/N-ethyl adjacent to an activating group) is 1. The van der Waals surface area contributed by atoms with Crippen molar-refractivity contribution < 1.29 is 43.7 Å². The summed E-state index contributed by atoms with van der Waals surface area (Å²) in [6, 6.07) is 18.3. The van der Waals surface area contributed by atoms with Crippen molar-refractivity contribution in [3.63, 3.8) is 0 Å². The third kappa shape index (κ3) is 9.20. The van der Waals surface area contributed by atoms with Crippen LogP contribution in [0.25, 0.3) is 0 Å². The van der Waals surface area contributed by atoms with Gasteiger partial charge in [0.2, 0.25) is 5.79 Å². The van der Waals surface area contributed by atoms with Gasteiger partial charge >= 0.3 is 6.09 Å². The van der Waals surface area contributed by atoms with E-state index >= 15 is 0 Å². The summed E-state index contributed by atoms with van der Waals surface area (Å²) in [6.45, 7) is 6.42. The Hall–Kier alpha value is -4.89. The highest BCUT2D eigenvalue weighted by Crippen LogP contribution is 2.62. The number of hydrogen-bond acceptors (Lipinski definition) is 12. The predicted molar refractivity (Wildman–Crippen MR) is 222 cm³/mol. The molecule has 2 N–H and O–H groups in total. The number of non-ortho nitro benzene ring substituents is 1. The molecule has 3 aromatic rings. The maximum atomic E-state index is 14.1. The standard InChI is InChI=1S/C44H53N3O10S/c1-5-25-53-44-40(46(3)43(50)56-32-15-13-30(14-16-32)47(51)52)28-38(45-54-6-2)36-26-29(11-7-9-23-48)35(12-8-10-24-49)41(42(36)44)37-27-33(19-22-39(37)57-44)55-31-17-20-34(58-4)21-18-31/h5,13-22,26-27,29,35,40-42,48-49H,1,6-12,23-25,28H2,2-4H3. The van der Waals surface area contributed by atoms with Gasteiger partial charge in [-0.15, -0.1) is 18.3 Å². The Balaban J connectivity index is 1.51. The zero-order valence-corrected chi connectivity index (χ0v) is 34.1. The summed E-state index contributed by atoms with van der Waals surface area (Å²) in [5.41, 5.74) is 2.37. The maximum absolute atomic E-state index is 14.1. The Labute approximate surface area is 343 Å². The second kappa shape index (κ2) is 19.7. The molecular formula is C44H53N3O10S. The minimum Gasteiger partial charge on any atom is -0.459 e. The first-order valence-corrected chi connectivity index (χ1v) is 21.1. The van der Waals surface area contributed by atoms with E-state index in [0.717, 1.165) is 41.7 Å². The van der Waals surface area contributed by atoms with Crippen molar-refractivity contribution in [3.8, 4) is 23.0 Å². The van der Waals surface area contributed by atoms with Crippen molar-refractivity contribution in [1.82, 2.24) is 4.90 Å². The molecule has 14 heteroatoms. The number of fused-ring (bicyclic) bond motifs is 2. The van der Waals surface area contributed by atoms with E-state index in [1.807, 2.05) is 55.6 Å². The summed E-state index contributed by atoms with van der Waals surface area (Å²) in [7, 11) is 1.62. The number of nitrogens with zero attached hydrogens (tertiary/aromatic N) is 3. The molecule has 1 heterocycles. The zero-order chi connectivity index (χ0) is 41.2. The number of rotatable bonds is 19. The molecule has 1 amide bonds. The van der Waals surface area contributed by atoms with Gasteiger partial charge in [0.15, 0.2) is 0 Å². The first-order valence-electron chi connectivity index (χ1n) is 19.9. The quantitative estimate of drug-likeness (QED) is 0.0391. The van der Waals surface area contributed by atoms with Gasteiger partial charge in [-0.2, -0.15) is 0 Å². The number of amides is 1. The van der Waals surface area contributed by atoms with E-state index in [9.17, 15) is 25.1 Å². The molecule has 0 saturated heterocycles. The van der Waals surface area contributed by atoms with E-state index in [-0.39, 0.29) is 55.4 Å². The van der Waals surface area contributed by atoms with Gasteiger partial charge in [-0.05, 0) is 111 Å². The molecule has 310 valence electrons. The molecule has 6 rings (SSSR count). The van der Waals surface area contributed by atoms with Crippen molar-refractivity contribution >= 4 is 29.3 Å². The minimum atomic E-state index is -1.46. The molecule has 6 unspecified atom stereocenters. The molecule has 13 nitrogen and oxygen atoms in total. The number of carbonyl (C=O) groups excluding carboxylic acids is 1. The van der Waals surface area contributed by atoms with Crippen molar-refractivity contribution in [1.29, 1.82) is 0 Å². The number of unbranched alkanes of at least 4 members (excludes halogenated alkanes) is 2. The molecular weight excluding hydrogens is 763 g/mol. The lowest BCUT2D eigenvalue weighted by molar-refractivity contribution is -0.384. The van der Waals surface area contributed by atoms with E-state index < -0.39 is 28.8 Å². The number of thioether (sulfide) groups is 1. The number of carbonyl (C=O) groups is 1. The van der Waals surface area contributed by atoms with Crippen LogP contribution in [-0.2, 0) is 9.57 Å². The molecule has 0 radical (unpaired) electrons. The van der Waals surface area contributed by atoms with Gasteiger partial charge in [0.1, 0.15) is 35.6 Å². The van der Waals surface area contributed by atoms with Gasteiger partial charge in [0.25, 0.3) is 5.69 Å². The van der Waals surface area contributed by atoms with Crippen LogP contribution in [-0.4, -0.2) is 83.4 Å². The molecule has 6 atom stereocenters. The second-order valence-corrected chi connectivity index (χ2v) is 15.6. The van der Waals surface area contributed by atoms with E-state index in [1.165, 1.54) is 29.2 Å². The highest BCUT2D eigenvalue weighted by atomic mass is 32.2. The van der Waals surface area contributed by atoms with Crippen LogP contribution in [0.5, 0.6) is 23.0 Å². The van der Waals surface area contributed by atoms with Crippen LogP contribution in [0.2, 0.25) is 0 Å². The fraction of sp³-hybridized carbons (Fsp3) is 0.455. The van der Waals surface area contributed by atoms with Crippen LogP contribution in [0.3, 0.4) is 0 Å². The fourth-order valence-electron chi connectivity index (χ4n) is 8.65. The molecule has 1 fully saturated rings. The minimum absolute atomic E-state index is 0.0360. The van der Waals surface area contributed by atoms with Gasteiger partial charge in [-0.3, -0.25) is 10.1 Å². The van der Waals surface area contributed by atoms with Crippen molar-refractivity contribution in [2.24, 2.45) is 22.9 Å². The van der Waals surface area contributed by atoms with E-state index in [4.69, 9.17) is 23.8 Å². The number of benzene rings is 3. The lowest BCUT2D eigenvalue weighted by Crippen LogP contribution is -2.69. The number of oxime groups is 1. The highest BCUT2D eigenvalue weighted by molar-refractivity contribution is 7.98. The van der Waals surface area contributed by atoms with Gasteiger partial charge in [-0.25, -0.2) is 4.79 Å². The topological polar surface area (TPSA) is 162 Å². The summed E-state index contributed by atoms with van der Waals surface area (Å²) >= 11 is 1.66. The molecule has 0 spiro atoms. The number of aliphatic hydroxyl groups is 2. The molecule has 3 aliphatic rings. The average molecular weight is 816 g/mol. The van der Waals surface area contributed by atoms with E-state index in [0.29, 0.717) is 42.4 Å². The van der Waals surface area contributed by atoms with Crippen LogP contribution >= 0.6 is 11.8 Å². The summed E-state index contributed by atoms with van der Waals surface area (Å²) in [5, 5.41) is 35.6. The monoisotopic (exact) mass is 815 g/mol. The zero-order valence-electron chi connectivity index (χ0n) is 33.3. The van der Waals surface area contributed by atoms with Gasteiger partial charge in [-0.1, -0.05) is 30.1 Å². The van der Waals surface area contributed by atoms with Crippen LogP contribution in [0.1, 0.15) is 63.4 Å². The number of aliphatic hydroxyl groups excluding tert-OH is 2. The van der Waals surface area contributed by atoms with Crippen LogP contribution < -0.4 is 14.2 Å². The molecule has 3 aromatic carbocycles. The SMILES string of the molecule is C=CCOC12Oc3ccc(Oc4ccc(SC)cc4)cc3C3C(CCCCO)C(CCCCO)C=C(C(=NOCC)CC1N(C)C(=O)Oc1ccc([N+](=O)[O-])cc1)C32. The van der Waals surface area contributed by atoms with Crippen molar-refractivity contribution in [2.45, 2.75) is 74.5 Å². The third-order valence-corrected chi connectivity index (χ3v) is 12.0. The molecule has 0 bridgehead atoms. The number of allylic oxidation sites excluding steroid dienone is 1. The molecule has 0 aromatic heterocycles. The Morgan fingerprint density at radius 2 is 1.72 bits per heavy atom. The summed E-state index contributed by atoms with van der Waals surface area (Å²) in [4.78, 5) is 33.2. The van der Waals surface area contributed by atoms with Crippen LogP contribution in [0.4, 0.5) is 10.5 Å². The van der Waals surface area contributed by atoms with Crippen LogP contribution in [0.15, 0.2) is 101 Å². The molecule has 2 aliphatic carbocycles. The summed E-state index contributed by atoms with van der Waals surface area (Å²) < 4.78 is 26.3. The van der Waals surface area contributed by atoms with Gasteiger partial charge in [0.05, 0.1) is 23.2 Å². The van der Waals surface area contributed by atoms with Gasteiger partial charge in [0, 0.05) is 55.2 Å². The highest BCUT2D eigenvalue weighted by Gasteiger charge is 2.65. The lowest BCUT2D eigenvalue weighted by atomic mass is 9.55. The largest absolute Gasteiger partial charge is 0.459 e. The maximum Gasteiger partial charge on any atom is 0.415 e. The van der Waals surface area contributed by atoms with Crippen molar-refractivity contribution in [2.75, 3.05) is 39.7 Å². The Morgan fingerprint density at radius 1 is 1.03 bits per heavy atom. The fourth-order valence-corrected chi connectivity index (χ4v) is 9.06. The first-order chi connectivity index (χ1) is 28.2. The summed E-state index contributed by atoms with van der Waals surface area (Å²) in [6.07, 6.45) is 9.94. The van der Waals surface area contributed by atoms with Gasteiger partial charge < -0.3 is 38.9 Å². The average Bonchev–Trinajstić information content (AvgIpc) is 3.23. The molecule has 1 aliphatic heterocycles. The number of nitro benzene ring substituents is 1. The third-order valence-electron chi connectivity index (χ3n) is 11.3. The Bertz CT molecular complexity index is 1960. The van der Waals surface area contributed by atoms with E-state index in [2.05, 4.69) is 17.8 Å². The normalized spacial score (nSPS) is 23.8. The molecule has 1 saturated carbocycles. The van der Waals surface area contributed by atoms with Crippen molar-refractivity contribution in [3.05, 3.63) is 107 Å². The molecule has 58 heavy (non-hydrogen) atoms. The lowest BCUT2D eigenvalue weighted by Gasteiger charge is -2.59. The van der Waals surface area contributed by atoms with Crippen LogP contribution in [0, 0.1) is 27.9 Å². The first kappa shape index (κ1) is 42.7. The number of hydrogen-bond donors (Lipinski definition) is 2. The number of nitro groups is 1. The number of ether oxygens (including phenoxy) is 4. The smallest absolute Gasteiger partial charge is 0.415 e.